The predicted molar refractivity (Wildman–Crippen MR) is 66.0 cm³/mol. The molecule has 0 bridgehead atoms. The van der Waals surface area contributed by atoms with Crippen LogP contribution in [0.2, 0.25) is 0 Å². The van der Waals surface area contributed by atoms with E-state index in [2.05, 4.69) is 0 Å². The van der Waals surface area contributed by atoms with E-state index in [-0.39, 0.29) is 17.7 Å². The molecule has 1 rings (SSSR count). The van der Waals surface area contributed by atoms with Crippen molar-refractivity contribution in [3.8, 4) is 0 Å². The molecular formula is C12H23N3O2. The van der Waals surface area contributed by atoms with Crippen molar-refractivity contribution in [2.75, 3.05) is 19.6 Å². The summed E-state index contributed by atoms with van der Waals surface area (Å²) in [7, 11) is 0. The summed E-state index contributed by atoms with van der Waals surface area (Å²) in [5.74, 6) is 0.299. The molecule has 0 spiro atoms. The Morgan fingerprint density at radius 1 is 1.35 bits per heavy atom. The Morgan fingerprint density at radius 2 is 1.94 bits per heavy atom. The first-order chi connectivity index (χ1) is 8.04. The van der Waals surface area contributed by atoms with Gasteiger partial charge in [0.05, 0.1) is 0 Å². The molecule has 1 saturated heterocycles. The zero-order chi connectivity index (χ0) is 12.8. The molecule has 0 aromatic carbocycles. The Labute approximate surface area is 103 Å². The van der Waals surface area contributed by atoms with Gasteiger partial charge in [-0.05, 0) is 31.7 Å². The smallest absolute Gasteiger partial charge is 0.225 e. The van der Waals surface area contributed by atoms with Crippen molar-refractivity contribution in [2.24, 2.45) is 23.3 Å². The minimum Gasteiger partial charge on any atom is -0.370 e. The van der Waals surface area contributed by atoms with Crippen LogP contribution in [-0.4, -0.2) is 36.3 Å². The van der Waals surface area contributed by atoms with Crippen LogP contribution in [-0.2, 0) is 9.59 Å². The van der Waals surface area contributed by atoms with Crippen LogP contribution in [0.3, 0.4) is 0 Å². The lowest BCUT2D eigenvalue weighted by molar-refractivity contribution is -0.136. The van der Waals surface area contributed by atoms with E-state index in [1.165, 1.54) is 0 Å². The quantitative estimate of drug-likeness (QED) is 0.714. The zero-order valence-corrected chi connectivity index (χ0v) is 10.5. The molecule has 0 aromatic heterocycles. The average Bonchev–Trinajstić information content (AvgIpc) is 2.28. The van der Waals surface area contributed by atoms with E-state index < -0.39 is 0 Å². The van der Waals surface area contributed by atoms with Crippen LogP contribution in [0.4, 0.5) is 0 Å². The van der Waals surface area contributed by atoms with Gasteiger partial charge in [0, 0.05) is 25.4 Å². The van der Waals surface area contributed by atoms with Crippen molar-refractivity contribution >= 4 is 11.8 Å². The van der Waals surface area contributed by atoms with Crippen LogP contribution in [0.15, 0.2) is 0 Å². The maximum Gasteiger partial charge on any atom is 0.225 e. The summed E-state index contributed by atoms with van der Waals surface area (Å²) >= 11 is 0. The Kier molecular flexibility index (Phi) is 5.41. The number of carbonyl (C=O) groups is 2. The standard InChI is InChI=1S/C12H23N3O2/c1-9(2-5-13)12(17)15-6-3-10(4-7-15)8-11(14)16/h9-10H,2-8,13H2,1H3,(H2,14,16). The molecule has 5 nitrogen and oxygen atoms in total. The SMILES string of the molecule is CC(CCN)C(=O)N1CCC(CC(N)=O)CC1. The molecule has 17 heavy (non-hydrogen) atoms. The van der Waals surface area contributed by atoms with Crippen LogP contribution in [0.5, 0.6) is 0 Å². The number of rotatable bonds is 5. The second-order valence-corrected chi connectivity index (χ2v) is 4.92. The Morgan fingerprint density at radius 3 is 2.41 bits per heavy atom. The number of nitrogens with two attached hydrogens (primary N) is 2. The minimum atomic E-state index is -0.244. The summed E-state index contributed by atoms with van der Waals surface area (Å²) in [6, 6.07) is 0. The van der Waals surface area contributed by atoms with E-state index in [0.717, 1.165) is 32.4 Å². The third-order valence-corrected chi connectivity index (χ3v) is 3.44. The summed E-state index contributed by atoms with van der Waals surface area (Å²) in [4.78, 5) is 24.7. The maximum absolute atomic E-state index is 12.0. The lowest BCUT2D eigenvalue weighted by Crippen LogP contribution is -2.42. The van der Waals surface area contributed by atoms with E-state index in [9.17, 15) is 9.59 Å². The third-order valence-electron chi connectivity index (χ3n) is 3.44. The van der Waals surface area contributed by atoms with Gasteiger partial charge in [0.1, 0.15) is 0 Å². The molecule has 1 aliphatic rings. The number of amides is 2. The van der Waals surface area contributed by atoms with E-state index >= 15 is 0 Å². The van der Waals surface area contributed by atoms with Gasteiger partial charge in [-0.15, -0.1) is 0 Å². The van der Waals surface area contributed by atoms with Gasteiger partial charge in [-0.1, -0.05) is 6.92 Å². The molecule has 1 fully saturated rings. The van der Waals surface area contributed by atoms with Crippen LogP contribution in [0.25, 0.3) is 0 Å². The molecule has 1 atom stereocenters. The molecule has 98 valence electrons. The van der Waals surface area contributed by atoms with Crippen molar-refractivity contribution in [1.82, 2.24) is 4.90 Å². The van der Waals surface area contributed by atoms with Crippen molar-refractivity contribution in [3.05, 3.63) is 0 Å². The minimum absolute atomic E-state index is 0.00712. The number of piperidine rings is 1. The second kappa shape index (κ2) is 6.59. The molecule has 2 amide bonds. The first-order valence-corrected chi connectivity index (χ1v) is 6.31. The third kappa shape index (κ3) is 4.34. The molecular weight excluding hydrogens is 218 g/mol. The van der Waals surface area contributed by atoms with Crippen molar-refractivity contribution in [2.45, 2.75) is 32.6 Å². The van der Waals surface area contributed by atoms with E-state index in [0.29, 0.717) is 18.9 Å². The number of nitrogens with zero attached hydrogens (tertiary/aromatic N) is 1. The fraction of sp³-hybridized carbons (Fsp3) is 0.833. The molecule has 1 unspecified atom stereocenters. The molecule has 0 radical (unpaired) electrons. The van der Waals surface area contributed by atoms with Gasteiger partial charge < -0.3 is 16.4 Å². The van der Waals surface area contributed by atoms with Crippen LogP contribution in [0.1, 0.15) is 32.6 Å². The van der Waals surface area contributed by atoms with Crippen molar-refractivity contribution in [1.29, 1.82) is 0 Å². The number of carbonyl (C=O) groups excluding carboxylic acids is 2. The summed E-state index contributed by atoms with van der Waals surface area (Å²) in [6.45, 7) is 3.95. The lowest BCUT2D eigenvalue weighted by Gasteiger charge is -2.33. The van der Waals surface area contributed by atoms with E-state index in [1.54, 1.807) is 0 Å². The maximum atomic E-state index is 12.0. The topological polar surface area (TPSA) is 89.4 Å². The average molecular weight is 241 g/mol. The van der Waals surface area contributed by atoms with Gasteiger partial charge >= 0.3 is 0 Å². The number of primary amides is 1. The number of hydrogen-bond donors (Lipinski definition) is 2. The molecule has 0 saturated carbocycles. The highest BCUT2D eigenvalue weighted by atomic mass is 16.2. The first kappa shape index (κ1) is 14.0. The van der Waals surface area contributed by atoms with Crippen molar-refractivity contribution in [3.63, 3.8) is 0 Å². The predicted octanol–water partition coefficient (Wildman–Crippen LogP) is 0.0853. The van der Waals surface area contributed by atoms with Crippen LogP contribution in [0, 0.1) is 11.8 Å². The Bertz CT molecular complexity index is 273. The van der Waals surface area contributed by atoms with Crippen molar-refractivity contribution < 1.29 is 9.59 Å². The molecule has 1 heterocycles. The van der Waals surface area contributed by atoms with Gasteiger partial charge in [0.25, 0.3) is 0 Å². The summed E-state index contributed by atoms with van der Waals surface area (Å²) in [5, 5.41) is 0. The molecule has 1 aliphatic heterocycles. The van der Waals surface area contributed by atoms with E-state index in [4.69, 9.17) is 11.5 Å². The van der Waals surface area contributed by atoms with Gasteiger partial charge in [-0.25, -0.2) is 0 Å². The highest BCUT2D eigenvalue weighted by molar-refractivity contribution is 5.78. The summed E-state index contributed by atoms with van der Waals surface area (Å²) < 4.78 is 0. The largest absolute Gasteiger partial charge is 0.370 e. The molecule has 5 heteroatoms. The lowest BCUT2D eigenvalue weighted by atomic mass is 9.92. The van der Waals surface area contributed by atoms with Gasteiger partial charge in [0.2, 0.25) is 11.8 Å². The second-order valence-electron chi connectivity index (χ2n) is 4.92. The summed E-state index contributed by atoms with van der Waals surface area (Å²) in [6.07, 6.45) is 2.94. The number of likely N-dealkylation sites (tertiary alicyclic amines) is 1. The fourth-order valence-electron chi connectivity index (χ4n) is 2.33. The van der Waals surface area contributed by atoms with Gasteiger partial charge in [0.15, 0.2) is 0 Å². The van der Waals surface area contributed by atoms with Gasteiger partial charge in [-0.3, -0.25) is 9.59 Å². The number of hydrogen-bond acceptors (Lipinski definition) is 3. The zero-order valence-electron chi connectivity index (χ0n) is 10.5. The van der Waals surface area contributed by atoms with E-state index in [1.807, 2.05) is 11.8 Å². The Hall–Kier alpha value is -1.10. The highest BCUT2D eigenvalue weighted by Gasteiger charge is 2.26. The highest BCUT2D eigenvalue weighted by Crippen LogP contribution is 2.21. The first-order valence-electron chi connectivity index (χ1n) is 6.31. The van der Waals surface area contributed by atoms with Crippen LogP contribution >= 0.6 is 0 Å². The monoisotopic (exact) mass is 241 g/mol. The van der Waals surface area contributed by atoms with Gasteiger partial charge in [-0.2, -0.15) is 0 Å². The molecule has 0 aliphatic carbocycles. The fourth-order valence-corrected chi connectivity index (χ4v) is 2.33. The Balaban J connectivity index is 2.35. The summed E-state index contributed by atoms with van der Waals surface area (Å²) in [5.41, 5.74) is 10.6. The normalized spacial score (nSPS) is 19.1. The van der Waals surface area contributed by atoms with Crippen LogP contribution < -0.4 is 11.5 Å². The molecule has 0 aromatic rings. The molecule has 4 N–H and O–H groups in total.